The van der Waals surface area contributed by atoms with Crippen LogP contribution < -0.4 is 0 Å². The molecule has 0 saturated carbocycles. The highest BCUT2D eigenvalue weighted by Gasteiger charge is 2.15. The molecule has 18 heavy (non-hydrogen) atoms. The average Bonchev–Trinajstić information content (AvgIpc) is 2.31. The van der Waals surface area contributed by atoms with E-state index in [-0.39, 0.29) is 24.3 Å². The third-order valence-corrected chi connectivity index (χ3v) is 2.69. The summed E-state index contributed by atoms with van der Waals surface area (Å²) in [5, 5.41) is 9.23. The van der Waals surface area contributed by atoms with Gasteiger partial charge in [-0.05, 0) is 38.5 Å². The van der Waals surface area contributed by atoms with E-state index in [2.05, 4.69) is 0 Å². The first-order valence-corrected chi connectivity index (χ1v) is 6.20. The number of carbonyl (C=O) groups excluding carboxylic acids is 1. The zero-order valence-electron chi connectivity index (χ0n) is 11.2. The molecule has 4 nitrogen and oxygen atoms in total. The first-order chi connectivity index (χ1) is 8.52. The second-order valence-electron chi connectivity index (χ2n) is 4.47. The van der Waals surface area contributed by atoms with E-state index in [4.69, 9.17) is 4.74 Å². The molecular formula is C14H21NO3. The van der Waals surface area contributed by atoms with Gasteiger partial charge in [-0.3, -0.25) is 9.69 Å². The van der Waals surface area contributed by atoms with Crippen molar-refractivity contribution < 1.29 is 14.6 Å². The smallest absolute Gasteiger partial charge is 0.320 e. The van der Waals surface area contributed by atoms with Gasteiger partial charge in [-0.2, -0.15) is 0 Å². The topological polar surface area (TPSA) is 49.8 Å². The normalized spacial score (nSPS) is 10.9. The van der Waals surface area contributed by atoms with Crippen molar-refractivity contribution in [3.63, 3.8) is 0 Å². The van der Waals surface area contributed by atoms with Crippen molar-refractivity contribution in [2.24, 2.45) is 0 Å². The maximum Gasteiger partial charge on any atom is 0.320 e. The van der Waals surface area contributed by atoms with Crippen LogP contribution in [0.15, 0.2) is 24.3 Å². The molecule has 0 heterocycles. The van der Waals surface area contributed by atoms with Gasteiger partial charge in [-0.1, -0.05) is 12.1 Å². The van der Waals surface area contributed by atoms with E-state index in [0.29, 0.717) is 13.2 Å². The molecule has 1 N–H and O–H groups in total. The number of nitrogens with zero attached hydrogens (tertiary/aromatic N) is 1. The Hall–Kier alpha value is -1.55. The fourth-order valence-corrected chi connectivity index (χ4v) is 1.63. The summed E-state index contributed by atoms with van der Waals surface area (Å²) in [5.41, 5.74) is 1.06. The summed E-state index contributed by atoms with van der Waals surface area (Å²) in [5.74, 6) is 0.0465. The zero-order chi connectivity index (χ0) is 13.5. The predicted molar refractivity (Wildman–Crippen MR) is 70.3 cm³/mol. The maximum absolute atomic E-state index is 11.5. The Kier molecular flexibility index (Phi) is 5.65. The Morgan fingerprint density at radius 2 is 1.94 bits per heavy atom. The molecule has 1 aromatic carbocycles. The monoisotopic (exact) mass is 251 g/mol. The molecule has 0 spiro atoms. The minimum atomic E-state index is -0.204. The summed E-state index contributed by atoms with van der Waals surface area (Å²) in [6, 6.07) is 7.27. The second-order valence-corrected chi connectivity index (χ2v) is 4.47. The van der Waals surface area contributed by atoms with E-state index in [0.717, 1.165) is 5.56 Å². The van der Waals surface area contributed by atoms with Crippen LogP contribution in [0.5, 0.6) is 5.75 Å². The number of carbonyl (C=O) groups is 1. The zero-order valence-corrected chi connectivity index (χ0v) is 11.2. The summed E-state index contributed by atoms with van der Waals surface area (Å²) < 4.78 is 4.96. The Labute approximate surface area is 108 Å². The second kappa shape index (κ2) is 7.01. The van der Waals surface area contributed by atoms with Crippen molar-refractivity contribution in [1.82, 2.24) is 4.90 Å². The van der Waals surface area contributed by atoms with Crippen molar-refractivity contribution in [2.75, 3.05) is 13.2 Å². The van der Waals surface area contributed by atoms with Crippen LogP contribution in [-0.4, -0.2) is 35.2 Å². The lowest BCUT2D eigenvalue weighted by atomic mass is 10.2. The van der Waals surface area contributed by atoms with Crippen LogP contribution in [0.3, 0.4) is 0 Å². The van der Waals surface area contributed by atoms with Crippen molar-refractivity contribution in [3.8, 4) is 5.75 Å². The molecule has 0 fully saturated rings. The van der Waals surface area contributed by atoms with E-state index in [1.807, 2.05) is 30.9 Å². The predicted octanol–water partition coefficient (Wildman–Crippen LogP) is 2.17. The first kappa shape index (κ1) is 14.5. The van der Waals surface area contributed by atoms with Gasteiger partial charge in [0.05, 0.1) is 13.2 Å². The van der Waals surface area contributed by atoms with Crippen LogP contribution in [0.2, 0.25) is 0 Å². The minimum absolute atomic E-state index is 0.204. The van der Waals surface area contributed by atoms with Gasteiger partial charge in [0.2, 0.25) is 0 Å². The molecule has 0 unspecified atom stereocenters. The van der Waals surface area contributed by atoms with Crippen LogP contribution >= 0.6 is 0 Å². The number of hydrogen-bond donors (Lipinski definition) is 1. The molecule has 0 bridgehead atoms. The number of benzene rings is 1. The number of aromatic hydroxyl groups is 1. The summed E-state index contributed by atoms with van der Waals surface area (Å²) in [7, 11) is 0. The maximum atomic E-state index is 11.5. The first-order valence-electron chi connectivity index (χ1n) is 6.20. The number of hydrogen-bond acceptors (Lipinski definition) is 4. The molecule has 1 rings (SSSR count). The van der Waals surface area contributed by atoms with Crippen molar-refractivity contribution in [3.05, 3.63) is 29.8 Å². The van der Waals surface area contributed by atoms with Crippen LogP contribution in [-0.2, 0) is 16.1 Å². The number of rotatable bonds is 6. The molecule has 100 valence electrons. The van der Waals surface area contributed by atoms with Gasteiger partial charge in [0.25, 0.3) is 0 Å². The van der Waals surface area contributed by atoms with E-state index in [1.165, 1.54) is 0 Å². The largest absolute Gasteiger partial charge is 0.508 e. The van der Waals surface area contributed by atoms with Gasteiger partial charge in [0, 0.05) is 12.6 Å². The molecule has 0 atom stereocenters. The highest BCUT2D eigenvalue weighted by atomic mass is 16.5. The number of esters is 1. The van der Waals surface area contributed by atoms with Gasteiger partial charge in [-0.25, -0.2) is 0 Å². The number of phenols is 1. The van der Waals surface area contributed by atoms with Gasteiger partial charge in [0.1, 0.15) is 5.75 Å². The lowest BCUT2D eigenvalue weighted by molar-refractivity contribution is -0.145. The molecular weight excluding hydrogens is 230 g/mol. The number of phenolic OH excluding ortho intramolecular Hbond substituents is 1. The highest BCUT2D eigenvalue weighted by Crippen LogP contribution is 2.13. The third-order valence-electron chi connectivity index (χ3n) is 2.69. The SMILES string of the molecule is CCOC(=O)CN(Cc1ccc(O)cc1)C(C)C. The third kappa shape index (κ3) is 4.75. The summed E-state index contributed by atoms with van der Waals surface area (Å²) in [6.45, 7) is 7.24. The standard InChI is InChI=1S/C14H21NO3/c1-4-18-14(17)10-15(11(2)3)9-12-5-7-13(16)8-6-12/h5-8,11,16H,4,9-10H2,1-3H3. The van der Waals surface area contributed by atoms with E-state index >= 15 is 0 Å². The van der Waals surface area contributed by atoms with Gasteiger partial charge in [-0.15, -0.1) is 0 Å². The average molecular weight is 251 g/mol. The lowest BCUT2D eigenvalue weighted by Gasteiger charge is -2.25. The summed E-state index contributed by atoms with van der Waals surface area (Å²) in [4.78, 5) is 13.5. The van der Waals surface area contributed by atoms with Crippen LogP contribution in [0.1, 0.15) is 26.3 Å². The van der Waals surface area contributed by atoms with Crippen molar-refractivity contribution in [1.29, 1.82) is 0 Å². The van der Waals surface area contributed by atoms with Gasteiger partial charge in [0.15, 0.2) is 0 Å². The molecule has 1 aromatic rings. The summed E-state index contributed by atoms with van der Waals surface area (Å²) >= 11 is 0. The molecule has 0 saturated heterocycles. The van der Waals surface area contributed by atoms with E-state index < -0.39 is 0 Å². The fourth-order valence-electron chi connectivity index (χ4n) is 1.63. The molecule has 4 heteroatoms. The fraction of sp³-hybridized carbons (Fsp3) is 0.500. The Morgan fingerprint density at radius 3 is 2.44 bits per heavy atom. The summed E-state index contributed by atoms with van der Waals surface area (Å²) in [6.07, 6.45) is 0. The lowest BCUT2D eigenvalue weighted by Crippen LogP contribution is -2.35. The minimum Gasteiger partial charge on any atom is -0.508 e. The van der Waals surface area contributed by atoms with Gasteiger partial charge < -0.3 is 9.84 Å². The molecule has 0 aliphatic carbocycles. The molecule has 0 aliphatic rings. The molecule has 0 aliphatic heterocycles. The highest BCUT2D eigenvalue weighted by molar-refractivity contribution is 5.71. The molecule has 0 aromatic heterocycles. The van der Waals surface area contributed by atoms with Gasteiger partial charge >= 0.3 is 5.97 Å². The Morgan fingerprint density at radius 1 is 1.33 bits per heavy atom. The van der Waals surface area contributed by atoms with Crippen LogP contribution in [0, 0.1) is 0 Å². The van der Waals surface area contributed by atoms with E-state index in [1.54, 1.807) is 19.1 Å². The van der Waals surface area contributed by atoms with Crippen molar-refractivity contribution >= 4 is 5.97 Å². The van der Waals surface area contributed by atoms with Crippen LogP contribution in [0.4, 0.5) is 0 Å². The van der Waals surface area contributed by atoms with Crippen molar-refractivity contribution in [2.45, 2.75) is 33.4 Å². The Bertz CT molecular complexity index is 373. The molecule has 0 amide bonds. The quantitative estimate of drug-likeness (QED) is 0.787. The number of ether oxygens (including phenoxy) is 1. The molecule has 0 radical (unpaired) electrons. The Balaban J connectivity index is 2.62. The van der Waals surface area contributed by atoms with Crippen LogP contribution in [0.25, 0.3) is 0 Å². The van der Waals surface area contributed by atoms with E-state index in [9.17, 15) is 9.90 Å².